The van der Waals surface area contributed by atoms with Crippen molar-refractivity contribution in [3.63, 3.8) is 0 Å². The van der Waals surface area contributed by atoms with Gasteiger partial charge in [-0.05, 0) is 85.6 Å². The van der Waals surface area contributed by atoms with Gasteiger partial charge >= 0.3 is 0 Å². The maximum atomic E-state index is 10.2. The minimum absolute atomic E-state index is 0.188. The van der Waals surface area contributed by atoms with Crippen molar-refractivity contribution in [1.29, 1.82) is 5.26 Å². The largest absolute Gasteiger partial charge is 0.487 e. The van der Waals surface area contributed by atoms with Gasteiger partial charge in [0.2, 0.25) is 0 Å². The van der Waals surface area contributed by atoms with E-state index in [4.69, 9.17) is 9.47 Å². The lowest BCUT2D eigenvalue weighted by Crippen LogP contribution is -2.29. The van der Waals surface area contributed by atoms with Crippen LogP contribution in [0.5, 0.6) is 0 Å². The molecule has 0 aromatic heterocycles. The fourth-order valence-electron chi connectivity index (χ4n) is 3.51. The number of rotatable bonds is 12. The zero-order chi connectivity index (χ0) is 25.1. The Hall–Kier alpha value is -2.51. The first kappa shape index (κ1) is 28.5. The van der Waals surface area contributed by atoms with Crippen LogP contribution in [0.3, 0.4) is 0 Å². The summed E-state index contributed by atoms with van der Waals surface area (Å²) in [4.78, 5) is 2.31. The van der Waals surface area contributed by atoms with E-state index in [1.54, 1.807) is 0 Å². The van der Waals surface area contributed by atoms with E-state index in [-0.39, 0.29) is 5.60 Å². The molecule has 0 atom stereocenters. The number of anilines is 1. The monoisotopic (exact) mass is 452 g/mol. The number of benzene rings is 1. The average molecular weight is 453 g/mol. The van der Waals surface area contributed by atoms with Crippen molar-refractivity contribution >= 4 is 11.3 Å². The third-order valence-corrected chi connectivity index (χ3v) is 5.28. The van der Waals surface area contributed by atoms with E-state index in [1.807, 2.05) is 39.0 Å². The van der Waals surface area contributed by atoms with E-state index < -0.39 is 5.60 Å². The van der Waals surface area contributed by atoms with E-state index in [1.165, 1.54) is 5.69 Å². The Kier molecular flexibility index (Phi) is 11.5. The number of hydrogen-bond donors (Lipinski definition) is 0. The molecule has 0 N–H and O–H groups in total. The second kappa shape index (κ2) is 13.3. The van der Waals surface area contributed by atoms with Crippen molar-refractivity contribution in [2.75, 3.05) is 24.6 Å². The molecule has 0 radical (unpaired) electrons. The number of allylic oxidation sites excluding steroid dienone is 5. The lowest BCUT2D eigenvalue weighted by Gasteiger charge is -2.30. The second-order valence-electron chi connectivity index (χ2n) is 9.67. The molecule has 0 amide bonds. The molecule has 1 aromatic rings. The molecule has 0 saturated heterocycles. The molecule has 1 rings (SSSR count). The molecule has 1 aromatic carbocycles. The van der Waals surface area contributed by atoms with E-state index in [9.17, 15) is 5.26 Å². The van der Waals surface area contributed by atoms with Crippen LogP contribution in [0.1, 0.15) is 80.7 Å². The van der Waals surface area contributed by atoms with Crippen LogP contribution in [0.15, 0.2) is 53.8 Å². The van der Waals surface area contributed by atoms with Gasteiger partial charge in [-0.15, -0.1) is 0 Å². The van der Waals surface area contributed by atoms with Gasteiger partial charge in [-0.3, -0.25) is 0 Å². The Morgan fingerprint density at radius 3 is 2.09 bits per heavy atom. The molecule has 33 heavy (non-hydrogen) atoms. The van der Waals surface area contributed by atoms with Crippen LogP contribution in [-0.4, -0.2) is 30.9 Å². The Morgan fingerprint density at radius 1 is 1.03 bits per heavy atom. The van der Waals surface area contributed by atoms with Gasteiger partial charge in [0.1, 0.15) is 23.0 Å². The number of nitriles is 1. The summed E-state index contributed by atoms with van der Waals surface area (Å²) in [6, 6.07) is 10.9. The highest BCUT2D eigenvalue weighted by Crippen LogP contribution is 2.31. The molecule has 0 heterocycles. The van der Waals surface area contributed by atoms with Crippen molar-refractivity contribution in [3.8, 4) is 6.07 Å². The molecule has 0 spiro atoms. The molecular formula is C29H44N2O2. The van der Waals surface area contributed by atoms with Gasteiger partial charge in [0.25, 0.3) is 0 Å². The van der Waals surface area contributed by atoms with Crippen LogP contribution in [-0.2, 0) is 9.47 Å². The van der Waals surface area contributed by atoms with Gasteiger partial charge in [0.15, 0.2) is 0 Å². The smallest absolute Gasteiger partial charge is 0.134 e. The minimum atomic E-state index is -0.470. The lowest BCUT2D eigenvalue weighted by atomic mass is 9.97. The van der Waals surface area contributed by atoms with Crippen LogP contribution in [0.4, 0.5) is 5.69 Å². The van der Waals surface area contributed by atoms with E-state index in [0.29, 0.717) is 17.9 Å². The van der Waals surface area contributed by atoms with Crippen LogP contribution in [0, 0.1) is 11.3 Å². The minimum Gasteiger partial charge on any atom is -0.487 e. The topological polar surface area (TPSA) is 45.5 Å². The first-order valence-corrected chi connectivity index (χ1v) is 12.2. The summed E-state index contributed by atoms with van der Waals surface area (Å²) < 4.78 is 12.4. The average Bonchev–Trinajstić information content (AvgIpc) is 2.74. The van der Waals surface area contributed by atoms with Crippen LogP contribution < -0.4 is 4.90 Å². The molecule has 0 unspecified atom stereocenters. The molecule has 0 aliphatic carbocycles. The molecule has 0 aliphatic rings. The van der Waals surface area contributed by atoms with Gasteiger partial charge in [-0.1, -0.05) is 31.2 Å². The lowest BCUT2D eigenvalue weighted by molar-refractivity contribution is -0.0441. The van der Waals surface area contributed by atoms with Gasteiger partial charge in [0.05, 0.1) is 12.2 Å². The summed E-state index contributed by atoms with van der Waals surface area (Å²) in [7, 11) is 0. The first-order valence-electron chi connectivity index (χ1n) is 12.2. The third kappa shape index (κ3) is 9.48. The zero-order valence-electron chi connectivity index (χ0n) is 22.3. The molecule has 0 fully saturated rings. The standard InChI is InChI=1S/C29H44N2O2/c1-10-14-25(23-16-18-24(19-17-23)31(12-3)13-4)26(22-30)27(15-11-2)33-29(8,9)20-21-32-28(5,6)7/h10,14-19H,11-13,20-21H2,1-9H3/b14-10-,26-25+,27-15-. The Bertz CT molecular complexity index is 858. The third-order valence-electron chi connectivity index (χ3n) is 5.28. The Balaban J connectivity index is 3.34. The SMILES string of the molecule is C\C=C/C(=C(C#N)\C(=C\CC)OC(C)(C)CCOC(C)(C)C)c1ccc(N(CC)CC)cc1. The van der Waals surface area contributed by atoms with Gasteiger partial charge in [-0.25, -0.2) is 0 Å². The van der Waals surface area contributed by atoms with E-state index >= 15 is 0 Å². The fourth-order valence-corrected chi connectivity index (χ4v) is 3.51. The van der Waals surface area contributed by atoms with Crippen molar-refractivity contribution in [3.05, 3.63) is 59.4 Å². The van der Waals surface area contributed by atoms with Crippen LogP contribution in [0.2, 0.25) is 0 Å². The molecule has 0 bridgehead atoms. The van der Waals surface area contributed by atoms with E-state index in [0.717, 1.165) is 37.1 Å². The van der Waals surface area contributed by atoms with Gasteiger partial charge < -0.3 is 14.4 Å². The highest BCUT2D eigenvalue weighted by molar-refractivity contribution is 5.82. The summed E-state index contributed by atoms with van der Waals surface area (Å²) in [5.74, 6) is 0.627. The molecule has 4 nitrogen and oxygen atoms in total. The summed E-state index contributed by atoms with van der Waals surface area (Å²) in [5.41, 5.74) is 2.94. The number of nitrogens with zero attached hydrogens (tertiary/aromatic N) is 2. The fraction of sp³-hybridized carbons (Fsp3) is 0.552. The van der Waals surface area contributed by atoms with Crippen molar-refractivity contribution in [2.24, 2.45) is 0 Å². The van der Waals surface area contributed by atoms with Crippen molar-refractivity contribution in [2.45, 2.75) is 86.4 Å². The summed E-state index contributed by atoms with van der Waals surface area (Å²) in [5, 5.41) is 10.2. The van der Waals surface area contributed by atoms with Crippen molar-refractivity contribution < 1.29 is 9.47 Å². The molecule has 0 aliphatic heterocycles. The maximum Gasteiger partial charge on any atom is 0.134 e. The van der Waals surface area contributed by atoms with Gasteiger partial charge in [0, 0.05) is 30.8 Å². The summed E-state index contributed by atoms with van der Waals surface area (Å²) in [6.07, 6.45) is 7.46. The van der Waals surface area contributed by atoms with Crippen LogP contribution >= 0.6 is 0 Å². The molecule has 0 saturated carbocycles. The number of ether oxygens (including phenoxy) is 2. The Labute approximate surface area is 202 Å². The first-order chi connectivity index (χ1) is 15.5. The van der Waals surface area contributed by atoms with E-state index in [2.05, 4.69) is 76.8 Å². The van der Waals surface area contributed by atoms with Gasteiger partial charge in [-0.2, -0.15) is 5.26 Å². The highest BCUT2D eigenvalue weighted by Gasteiger charge is 2.25. The predicted octanol–water partition coefficient (Wildman–Crippen LogP) is 7.68. The molecule has 4 heteroatoms. The molecule has 182 valence electrons. The second-order valence-corrected chi connectivity index (χ2v) is 9.67. The quantitative estimate of drug-likeness (QED) is 0.185. The highest BCUT2D eigenvalue weighted by atomic mass is 16.5. The molecular weight excluding hydrogens is 408 g/mol. The summed E-state index contributed by atoms with van der Waals surface area (Å²) >= 11 is 0. The van der Waals surface area contributed by atoms with Crippen molar-refractivity contribution in [1.82, 2.24) is 0 Å². The number of hydrogen-bond acceptors (Lipinski definition) is 4. The summed E-state index contributed by atoms with van der Waals surface area (Å²) in [6.45, 7) is 21.1. The normalized spacial score (nSPS) is 13.6. The zero-order valence-corrected chi connectivity index (χ0v) is 22.3. The van der Waals surface area contributed by atoms with Crippen LogP contribution in [0.25, 0.3) is 5.57 Å². The maximum absolute atomic E-state index is 10.2. The predicted molar refractivity (Wildman–Crippen MR) is 141 cm³/mol. The Morgan fingerprint density at radius 2 is 1.64 bits per heavy atom.